The molecule has 0 unspecified atom stereocenters. The highest BCUT2D eigenvalue weighted by Gasteiger charge is 2.29. The lowest BCUT2D eigenvalue weighted by molar-refractivity contribution is -0.117. The van der Waals surface area contributed by atoms with Gasteiger partial charge in [0.1, 0.15) is 5.82 Å². The highest BCUT2D eigenvalue weighted by atomic mass is 35.5. The quantitative estimate of drug-likeness (QED) is 0.809. The molecule has 0 bridgehead atoms. The predicted octanol–water partition coefficient (Wildman–Crippen LogP) is 3.61. The molecular weight excluding hydrogens is 330 g/mol. The van der Waals surface area contributed by atoms with Crippen LogP contribution in [-0.4, -0.2) is 24.0 Å². The fourth-order valence-electron chi connectivity index (χ4n) is 2.14. The van der Waals surface area contributed by atoms with E-state index in [1.54, 1.807) is 36.5 Å². The Balaban J connectivity index is 1.71. The Morgan fingerprint density at radius 3 is 2.67 bits per heavy atom. The van der Waals surface area contributed by atoms with Crippen LogP contribution in [0.3, 0.4) is 0 Å². The number of nitrogens with zero attached hydrogens (tertiary/aromatic N) is 1. The van der Waals surface area contributed by atoms with E-state index in [1.807, 2.05) is 0 Å². The molecule has 7 heteroatoms. The first kappa shape index (κ1) is 16.3. The summed E-state index contributed by atoms with van der Waals surface area (Å²) in [6, 6.07) is 8.30. The molecule has 1 amide bonds. The molecule has 1 aliphatic carbocycles. The molecule has 1 aromatic carbocycles. The number of amides is 1. The van der Waals surface area contributed by atoms with E-state index in [-0.39, 0.29) is 11.8 Å². The SMILES string of the molecule is COC(=O)c1ccc(Cl)c(Nc2ccc(NC(=O)C3CC3)nc2)c1. The van der Waals surface area contributed by atoms with Gasteiger partial charge >= 0.3 is 5.97 Å². The standard InChI is InChI=1S/C17H16ClN3O3/c1-24-17(23)11-4-6-13(18)14(8-11)20-12-5-7-15(19-9-12)21-16(22)10-2-3-10/h4-10,20H,2-3H2,1H3,(H,19,21,22). The molecule has 2 aromatic rings. The third kappa shape index (κ3) is 3.83. The van der Waals surface area contributed by atoms with Crippen LogP contribution in [0, 0.1) is 5.92 Å². The van der Waals surface area contributed by atoms with Crippen LogP contribution in [-0.2, 0) is 9.53 Å². The van der Waals surface area contributed by atoms with Crippen molar-refractivity contribution in [2.24, 2.45) is 5.92 Å². The van der Waals surface area contributed by atoms with Crippen molar-refractivity contribution >= 4 is 40.7 Å². The first-order chi connectivity index (χ1) is 11.6. The van der Waals surface area contributed by atoms with Crippen LogP contribution < -0.4 is 10.6 Å². The summed E-state index contributed by atoms with van der Waals surface area (Å²) in [6.45, 7) is 0. The molecule has 0 radical (unpaired) electrons. The van der Waals surface area contributed by atoms with Crippen molar-refractivity contribution in [3.05, 3.63) is 47.1 Å². The summed E-state index contributed by atoms with van der Waals surface area (Å²) in [4.78, 5) is 27.5. The molecule has 2 N–H and O–H groups in total. The molecule has 0 saturated heterocycles. The lowest BCUT2D eigenvalue weighted by atomic mass is 10.2. The van der Waals surface area contributed by atoms with Crippen LogP contribution in [0.15, 0.2) is 36.5 Å². The maximum absolute atomic E-state index is 11.7. The van der Waals surface area contributed by atoms with Gasteiger partial charge in [0.25, 0.3) is 0 Å². The molecule has 1 fully saturated rings. The van der Waals surface area contributed by atoms with Gasteiger partial charge in [0.2, 0.25) is 5.91 Å². The summed E-state index contributed by atoms with van der Waals surface area (Å²) in [5.74, 6) is 0.208. The number of nitrogens with one attached hydrogen (secondary N) is 2. The third-order valence-electron chi connectivity index (χ3n) is 3.63. The number of aromatic nitrogens is 1. The number of carbonyl (C=O) groups is 2. The van der Waals surface area contributed by atoms with Crippen molar-refractivity contribution in [2.45, 2.75) is 12.8 Å². The average Bonchev–Trinajstić information content (AvgIpc) is 3.43. The van der Waals surface area contributed by atoms with Gasteiger partial charge in [-0.15, -0.1) is 0 Å². The predicted molar refractivity (Wildman–Crippen MR) is 91.7 cm³/mol. The minimum absolute atomic E-state index is 0.0111. The molecule has 0 aliphatic heterocycles. The minimum atomic E-state index is -0.439. The third-order valence-corrected chi connectivity index (χ3v) is 3.96. The second kappa shape index (κ2) is 6.88. The number of benzene rings is 1. The molecule has 6 nitrogen and oxygen atoms in total. The smallest absolute Gasteiger partial charge is 0.337 e. The second-order valence-corrected chi connectivity index (χ2v) is 5.91. The van der Waals surface area contributed by atoms with Crippen molar-refractivity contribution in [3.8, 4) is 0 Å². The Morgan fingerprint density at radius 1 is 1.25 bits per heavy atom. The fraction of sp³-hybridized carbons (Fsp3) is 0.235. The Bertz CT molecular complexity index is 773. The summed E-state index contributed by atoms with van der Waals surface area (Å²) < 4.78 is 4.70. The second-order valence-electron chi connectivity index (χ2n) is 5.51. The number of pyridine rings is 1. The van der Waals surface area contributed by atoms with E-state index in [2.05, 4.69) is 15.6 Å². The first-order valence-corrected chi connectivity index (χ1v) is 7.86. The van der Waals surface area contributed by atoms with Gasteiger partial charge in [0.15, 0.2) is 0 Å². The molecule has 24 heavy (non-hydrogen) atoms. The Morgan fingerprint density at radius 2 is 2.04 bits per heavy atom. The van der Waals surface area contributed by atoms with Gasteiger partial charge in [0, 0.05) is 5.92 Å². The van der Waals surface area contributed by atoms with Crippen molar-refractivity contribution in [1.82, 2.24) is 4.98 Å². The normalized spacial score (nSPS) is 13.2. The van der Waals surface area contributed by atoms with E-state index in [0.29, 0.717) is 27.8 Å². The minimum Gasteiger partial charge on any atom is -0.465 e. The van der Waals surface area contributed by atoms with Crippen LogP contribution in [0.4, 0.5) is 17.2 Å². The van der Waals surface area contributed by atoms with E-state index < -0.39 is 5.97 Å². The topological polar surface area (TPSA) is 80.3 Å². The average molecular weight is 346 g/mol. The molecular formula is C17H16ClN3O3. The van der Waals surface area contributed by atoms with Gasteiger partial charge < -0.3 is 15.4 Å². The summed E-state index contributed by atoms with van der Waals surface area (Å²) in [7, 11) is 1.32. The number of halogens is 1. The van der Waals surface area contributed by atoms with Crippen LogP contribution in [0.2, 0.25) is 5.02 Å². The van der Waals surface area contributed by atoms with E-state index in [1.165, 1.54) is 7.11 Å². The molecule has 1 aliphatic rings. The van der Waals surface area contributed by atoms with Crippen LogP contribution in [0.5, 0.6) is 0 Å². The molecule has 1 saturated carbocycles. The van der Waals surface area contributed by atoms with Gasteiger partial charge in [-0.25, -0.2) is 9.78 Å². The number of hydrogen-bond donors (Lipinski definition) is 2. The number of hydrogen-bond acceptors (Lipinski definition) is 5. The zero-order chi connectivity index (χ0) is 17.1. The maximum atomic E-state index is 11.7. The van der Waals surface area contributed by atoms with Crippen LogP contribution in [0.25, 0.3) is 0 Å². The summed E-state index contributed by atoms with van der Waals surface area (Å²) in [5, 5.41) is 6.33. The van der Waals surface area contributed by atoms with Gasteiger partial charge in [0.05, 0.1) is 35.3 Å². The van der Waals surface area contributed by atoms with Crippen molar-refractivity contribution in [3.63, 3.8) is 0 Å². The van der Waals surface area contributed by atoms with Gasteiger partial charge in [-0.2, -0.15) is 0 Å². The molecule has 0 spiro atoms. The van der Waals surface area contributed by atoms with Crippen molar-refractivity contribution in [2.75, 3.05) is 17.7 Å². The van der Waals surface area contributed by atoms with Crippen molar-refractivity contribution in [1.29, 1.82) is 0 Å². The number of anilines is 3. The highest BCUT2D eigenvalue weighted by molar-refractivity contribution is 6.33. The Labute approximate surface area is 144 Å². The van der Waals surface area contributed by atoms with E-state index in [0.717, 1.165) is 12.8 Å². The molecule has 1 heterocycles. The van der Waals surface area contributed by atoms with Crippen LogP contribution in [0.1, 0.15) is 23.2 Å². The number of methoxy groups -OCH3 is 1. The van der Waals surface area contributed by atoms with Crippen LogP contribution >= 0.6 is 11.6 Å². The molecule has 3 rings (SSSR count). The lowest BCUT2D eigenvalue weighted by Gasteiger charge is -2.10. The zero-order valence-electron chi connectivity index (χ0n) is 13.0. The number of rotatable bonds is 5. The van der Waals surface area contributed by atoms with E-state index >= 15 is 0 Å². The maximum Gasteiger partial charge on any atom is 0.337 e. The molecule has 1 aromatic heterocycles. The number of esters is 1. The van der Waals surface area contributed by atoms with E-state index in [4.69, 9.17) is 16.3 Å². The van der Waals surface area contributed by atoms with Crippen molar-refractivity contribution < 1.29 is 14.3 Å². The number of ether oxygens (including phenoxy) is 1. The first-order valence-electron chi connectivity index (χ1n) is 7.48. The highest BCUT2D eigenvalue weighted by Crippen LogP contribution is 2.30. The van der Waals surface area contributed by atoms with Gasteiger partial charge in [-0.3, -0.25) is 4.79 Å². The summed E-state index contributed by atoms with van der Waals surface area (Å²) >= 11 is 6.14. The van der Waals surface area contributed by atoms with Gasteiger partial charge in [-0.1, -0.05) is 11.6 Å². The summed E-state index contributed by atoms with van der Waals surface area (Å²) in [5.41, 5.74) is 1.64. The zero-order valence-corrected chi connectivity index (χ0v) is 13.8. The summed E-state index contributed by atoms with van der Waals surface area (Å²) in [6.07, 6.45) is 3.48. The molecule has 0 atom stereocenters. The largest absolute Gasteiger partial charge is 0.465 e. The van der Waals surface area contributed by atoms with E-state index in [9.17, 15) is 9.59 Å². The Kier molecular flexibility index (Phi) is 4.66. The Hall–Kier alpha value is -2.60. The molecule has 124 valence electrons. The fourth-order valence-corrected chi connectivity index (χ4v) is 2.30. The van der Waals surface area contributed by atoms with Gasteiger partial charge in [-0.05, 0) is 43.2 Å². The lowest BCUT2D eigenvalue weighted by Crippen LogP contribution is -2.14. The number of carbonyl (C=O) groups excluding carboxylic acids is 2. The monoisotopic (exact) mass is 345 g/mol.